The zero-order chi connectivity index (χ0) is 11.1. The minimum Gasteiger partial charge on any atom is -0.454 e. The van der Waals surface area contributed by atoms with Crippen molar-refractivity contribution < 1.29 is 14.6 Å². The number of halogens is 1. The molecular formula is C10H12BrNO3. The third-order valence-electron chi connectivity index (χ3n) is 2.44. The van der Waals surface area contributed by atoms with Crippen molar-refractivity contribution in [3.63, 3.8) is 0 Å². The Bertz CT molecular complexity index is 392. The number of aliphatic hydroxyl groups is 1. The first-order valence-corrected chi connectivity index (χ1v) is 5.36. The maximum absolute atomic E-state index is 10.1. The Labute approximate surface area is 96.1 Å². The van der Waals surface area contributed by atoms with Gasteiger partial charge in [0, 0.05) is 16.6 Å². The fourth-order valence-corrected chi connectivity index (χ4v) is 2.19. The highest BCUT2D eigenvalue weighted by Crippen LogP contribution is 2.40. The minimum atomic E-state index is -1.07. The number of hydrogen-bond donors (Lipinski definition) is 2. The molecule has 0 bridgehead atoms. The van der Waals surface area contributed by atoms with Crippen LogP contribution in [-0.2, 0) is 5.60 Å². The maximum Gasteiger partial charge on any atom is 0.231 e. The van der Waals surface area contributed by atoms with E-state index in [1.165, 1.54) is 0 Å². The van der Waals surface area contributed by atoms with E-state index in [9.17, 15) is 5.11 Å². The zero-order valence-corrected chi connectivity index (χ0v) is 9.87. The van der Waals surface area contributed by atoms with Crippen molar-refractivity contribution in [1.29, 1.82) is 0 Å². The van der Waals surface area contributed by atoms with Crippen LogP contribution in [0.3, 0.4) is 0 Å². The third kappa shape index (κ3) is 1.82. The Kier molecular flexibility index (Phi) is 2.62. The van der Waals surface area contributed by atoms with Crippen molar-refractivity contribution in [2.75, 3.05) is 13.3 Å². The van der Waals surface area contributed by atoms with E-state index in [4.69, 9.17) is 15.2 Å². The lowest BCUT2D eigenvalue weighted by Crippen LogP contribution is -2.31. The Hall–Kier alpha value is -0.780. The molecule has 15 heavy (non-hydrogen) atoms. The molecule has 0 aromatic heterocycles. The van der Waals surface area contributed by atoms with Crippen LogP contribution in [0.1, 0.15) is 12.5 Å². The first-order chi connectivity index (χ1) is 7.04. The second-order valence-electron chi connectivity index (χ2n) is 3.66. The van der Waals surface area contributed by atoms with Gasteiger partial charge in [0.15, 0.2) is 11.5 Å². The van der Waals surface area contributed by atoms with Gasteiger partial charge in [-0.05, 0) is 19.1 Å². The van der Waals surface area contributed by atoms with Crippen LogP contribution in [0.5, 0.6) is 11.5 Å². The molecule has 2 rings (SSSR count). The average Bonchev–Trinajstić information content (AvgIpc) is 2.63. The van der Waals surface area contributed by atoms with Crippen LogP contribution in [-0.4, -0.2) is 18.4 Å². The summed E-state index contributed by atoms with van der Waals surface area (Å²) < 4.78 is 11.2. The summed E-state index contributed by atoms with van der Waals surface area (Å²) in [5.74, 6) is 1.32. The summed E-state index contributed by atoms with van der Waals surface area (Å²) in [4.78, 5) is 0. The molecule has 1 aromatic rings. The molecule has 0 amide bonds. The molecule has 0 saturated carbocycles. The van der Waals surface area contributed by atoms with E-state index in [2.05, 4.69) is 15.9 Å². The molecule has 0 spiro atoms. The van der Waals surface area contributed by atoms with Crippen LogP contribution in [0.4, 0.5) is 0 Å². The van der Waals surface area contributed by atoms with Gasteiger partial charge in [0.25, 0.3) is 0 Å². The zero-order valence-electron chi connectivity index (χ0n) is 8.29. The van der Waals surface area contributed by atoms with Crippen LogP contribution in [0, 0.1) is 0 Å². The molecule has 1 aliphatic heterocycles. The standard InChI is InChI=1S/C10H12BrNO3/c1-10(13,4-12)6-2-8-9(3-7(6)11)15-5-14-8/h2-3,13H,4-5,12H2,1H3. The van der Waals surface area contributed by atoms with Crippen LogP contribution >= 0.6 is 15.9 Å². The molecule has 1 heterocycles. The van der Waals surface area contributed by atoms with E-state index in [1.807, 2.05) is 0 Å². The van der Waals surface area contributed by atoms with Gasteiger partial charge in [0.1, 0.15) is 5.60 Å². The largest absolute Gasteiger partial charge is 0.454 e. The van der Waals surface area contributed by atoms with Gasteiger partial charge < -0.3 is 20.3 Å². The Morgan fingerprint density at radius 3 is 2.67 bits per heavy atom. The van der Waals surface area contributed by atoms with Gasteiger partial charge in [0.2, 0.25) is 6.79 Å². The van der Waals surface area contributed by atoms with Gasteiger partial charge in [-0.1, -0.05) is 15.9 Å². The summed E-state index contributed by atoms with van der Waals surface area (Å²) in [5.41, 5.74) is 5.14. The Morgan fingerprint density at radius 2 is 2.07 bits per heavy atom. The van der Waals surface area contributed by atoms with Crippen molar-refractivity contribution in [2.24, 2.45) is 5.73 Å². The molecule has 0 aliphatic carbocycles. The highest BCUT2D eigenvalue weighted by atomic mass is 79.9. The number of ether oxygens (including phenoxy) is 2. The molecule has 5 heteroatoms. The summed E-state index contributed by atoms with van der Waals surface area (Å²) >= 11 is 3.38. The minimum absolute atomic E-state index is 0.144. The van der Waals surface area contributed by atoms with Crippen molar-refractivity contribution >= 4 is 15.9 Å². The molecule has 1 atom stereocenters. The highest BCUT2D eigenvalue weighted by molar-refractivity contribution is 9.10. The molecule has 4 nitrogen and oxygen atoms in total. The number of nitrogens with two attached hydrogens (primary N) is 1. The topological polar surface area (TPSA) is 64.7 Å². The monoisotopic (exact) mass is 273 g/mol. The number of fused-ring (bicyclic) bond motifs is 1. The SMILES string of the molecule is CC(O)(CN)c1cc2c(cc1Br)OCO2. The maximum atomic E-state index is 10.1. The van der Waals surface area contributed by atoms with Gasteiger partial charge in [-0.15, -0.1) is 0 Å². The molecule has 0 radical (unpaired) electrons. The fourth-order valence-electron chi connectivity index (χ4n) is 1.44. The summed E-state index contributed by atoms with van der Waals surface area (Å²) in [6.07, 6.45) is 0. The lowest BCUT2D eigenvalue weighted by atomic mass is 9.96. The number of hydrogen-bond acceptors (Lipinski definition) is 4. The molecule has 82 valence electrons. The van der Waals surface area contributed by atoms with E-state index in [-0.39, 0.29) is 13.3 Å². The van der Waals surface area contributed by atoms with E-state index >= 15 is 0 Å². The Morgan fingerprint density at radius 1 is 1.47 bits per heavy atom. The predicted octanol–water partition coefficient (Wildman–Crippen LogP) is 1.34. The van der Waals surface area contributed by atoms with E-state index in [0.29, 0.717) is 17.1 Å². The van der Waals surface area contributed by atoms with Crippen LogP contribution in [0.15, 0.2) is 16.6 Å². The van der Waals surface area contributed by atoms with Gasteiger partial charge in [-0.2, -0.15) is 0 Å². The van der Waals surface area contributed by atoms with Crippen LogP contribution in [0.2, 0.25) is 0 Å². The third-order valence-corrected chi connectivity index (χ3v) is 3.10. The first-order valence-electron chi connectivity index (χ1n) is 4.56. The molecule has 1 aromatic carbocycles. The lowest BCUT2D eigenvalue weighted by molar-refractivity contribution is 0.0658. The van der Waals surface area contributed by atoms with Gasteiger partial charge in [0.05, 0.1) is 0 Å². The quantitative estimate of drug-likeness (QED) is 0.854. The molecule has 0 fully saturated rings. The van der Waals surface area contributed by atoms with Gasteiger partial charge in [-0.3, -0.25) is 0 Å². The average molecular weight is 274 g/mol. The van der Waals surface area contributed by atoms with Crippen LogP contribution < -0.4 is 15.2 Å². The second kappa shape index (κ2) is 3.66. The molecule has 3 N–H and O–H groups in total. The first kappa shape index (κ1) is 10.7. The fraction of sp³-hybridized carbons (Fsp3) is 0.400. The van der Waals surface area contributed by atoms with Gasteiger partial charge in [-0.25, -0.2) is 0 Å². The summed E-state index contributed by atoms with van der Waals surface area (Å²) in [5, 5.41) is 10.1. The molecule has 0 saturated heterocycles. The normalized spacial score (nSPS) is 17.6. The number of rotatable bonds is 2. The van der Waals surface area contributed by atoms with E-state index < -0.39 is 5.60 Å². The van der Waals surface area contributed by atoms with Crippen molar-refractivity contribution in [3.05, 3.63) is 22.2 Å². The molecule has 1 aliphatic rings. The lowest BCUT2D eigenvalue weighted by Gasteiger charge is -2.23. The molecule has 1 unspecified atom stereocenters. The predicted molar refractivity (Wildman–Crippen MR) is 58.9 cm³/mol. The van der Waals surface area contributed by atoms with E-state index in [0.717, 1.165) is 4.47 Å². The van der Waals surface area contributed by atoms with Crippen molar-refractivity contribution in [2.45, 2.75) is 12.5 Å². The number of benzene rings is 1. The summed E-state index contributed by atoms with van der Waals surface area (Å²) in [6.45, 7) is 2.02. The van der Waals surface area contributed by atoms with Crippen molar-refractivity contribution in [1.82, 2.24) is 0 Å². The van der Waals surface area contributed by atoms with Gasteiger partial charge >= 0.3 is 0 Å². The summed E-state index contributed by atoms with van der Waals surface area (Å²) in [7, 11) is 0. The van der Waals surface area contributed by atoms with E-state index in [1.54, 1.807) is 19.1 Å². The highest BCUT2D eigenvalue weighted by Gasteiger charge is 2.27. The molecular weight excluding hydrogens is 262 g/mol. The smallest absolute Gasteiger partial charge is 0.231 e. The Balaban J connectivity index is 2.49. The second-order valence-corrected chi connectivity index (χ2v) is 4.52. The summed E-state index contributed by atoms with van der Waals surface area (Å²) in [6, 6.07) is 3.53. The van der Waals surface area contributed by atoms with Crippen molar-refractivity contribution in [3.8, 4) is 11.5 Å². The van der Waals surface area contributed by atoms with Crippen LogP contribution in [0.25, 0.3) is 0 Å².